The second-order valence-electron chi connectivity index (χ2n) is 7.82. The van der Waals surface area contributed by atoms with Crippen molar-refractivity contribution in [2.45, 2.75) is 13.3 Å². The van der Waals surface area contributed by atoms with E-state index in [0.29, 0.717) is 26.3 Å². The Morgan fingerprint density at radius 3 is 2.25 bits per heavy atom. The molecule has 0 aliphatic carbocycles. The number of carbonyl (C=O) groups excluding carboxylic acids is 1. The number of ether oxygens (including phenoxy) is 2. The van der Waals surface area contributed by atoms with Gasteiger partial charge < -0.3 is 14.4 Å². The van der Waals surface area contributed by atoms with Gasteiger partial charge in [0.25, 0.3) is 0 Å². The molecule has 1 fully saturated rings. The van der Waals surface area contributed by atoms with E-state index < -0.39 is 0 Å². The Balaban J connectivity index is 1.73. The number of hydrogen-bond acceptors (Lipinski definition) is 3. The van der Waals surface area contributed by atoms with Crippen molar-refractivity contribution >= 4 is 11.5 Å². The summed E-state index contributed by atoms with van der Waals surface area (Å²) in [4.78, 5) is 14.9. The fourth-order valence-corrected chi connectivity index (χ4v) is 4.03. The summed E-state index contributed by atoms with van der Waals surface area (Å²) in [5.41, 5.74) is 6.38. The lowest BCUT2D eigenvalue weighted by Crippen LogP contribution is -2.39. The average Bonchev–Trinajstić information content (AvgIpc) is 2.88. The molecular weight excluding hydrogens is 398 g/mol. The Hall–Kier alpha value is -3.37. The molecule has 4 heteroatoms. The third-order valence-corrected chi connectivity index (χ3v) is 5.87. The van der Waals surface area contributed by atoms with Gasteiger partial charge in [-0.1, -0.05) is 67.6 Å². The van der Waals surface area contributed by atoms with Crippen LogP contribution in [0, 0.1) is 0 Å². The Morgan fingerprint density at radius 1 is 0.938 bits per heavy atom. The minimum Gasteiger partial charge on any atom is -0.496 e. The van der Waals surface area contributed by atoms with Crippen LogP contribution in [0.3, 0.4) is 0 Å². The van der Waals surface area contributed by atoms with Gasteiger partial charge >= 0.3 is 0 Å². The maximum atomic E-state index is 13.1. The van der Waals surface area contributed by atoms with Crippen molar-refractivity contribution in [2.24, 2.45) is 0 Å². The molecule has 1 heterocycles. The Labute approximate surface area is 190 Å². The van der Waals surface area contributed by atoms with Gasteiger partial charge in [0.1, 0.15) is 5.75 Å². The molecule has 32 heavy (non-hydrogen) atoms. The molecule has 0 radical (unpaired) electrons. The van der Waals surface area contributed by atoms with Crippen LogP contribution in [0.15, 0.2) is 78.9 Å². The summed E-state index contributed by atoms with van der Waals surface area (Å²) in [7, 11) is 1.69. The number of hydrogen-bond donors (Lipinski definition) is 0. The molecule has 1 amide bonds. The SMILES string of the molecule is CCc1cc(C(=CC(=O)N2CCOCC2)c2ccc(-c3ccccc3)cc2)ccc1OC. The first-order valence-corrected chi connectivity index (χ1v) is 11.1. The van der Waals surface area contributed by atoms with E-state index in [1.54, 1.807) is 13.2 Å². The zero-order chi connectivity index (χ0) is 22.3. The molecule has 1 aliphatic heterocycles. The van der Waals surface area contributed by atoms with E-state index in [0.717, 1.165) is 40.0 Å². The number of morpholine rings is 1. The molecule has 0 atom stereocenters. The number of methoxy groups -OCH3 is 1. The number of amides is 1. The highest BCUT2D eigenvalue weighted by molar-refractivity contribution is 5.99. The van der Waals surface area contributed by atoms with Crippen molar-refractivity contribution in [1.82, 2.24) is 4.90 Å². The first-order chi connectivity index (χ1) is 15.7. The molecular formula is C28H29NO3. The molecule has 4 rings (SSSR count). The third kappa shape index (κ3) is 4.92. The second kappa shape index (κ2) is 10.3. The standard InChI is InChI=1S/C28H29NO3/c1-3-21-19-25(13-14-27(21)31-2)26(20-28(30)29-15-17-32-18-16-29)24-11-9-23(10-12-24)22-7-5-4-6-8-22/h4-14,19-20H,3,15-18H2,1-2H3. The molecule has 0 aromatic heterocycles. The smallest absolute Gasteiger partial charge is 0.247 e. The van der Waals surface area contributed by atoms with Crippen molar-refractivity contribution in [3.8, 4) is 16.9 Å². The van der Waals surface area contributed by atoms with E-state index in [1.807, 2.05) is 35.2 Å². The second-order valence-corrected chi connectivity index (χ2v) is 7.82. The van der Waals surface area contributed by atoms with Gasteiger partial charge in [0, 0.05) is 19.2 Å². The summed E-state index contributed by atoms with van der Waals surface area (Å²) >= 11 is 0. The molecule has 164 valence electrons. The lowest BCUT2D eigenvalue weighted by molar-refractivity contribution is -0.129. The van der Waals surface area contributed by atoms with Gasteiger partial charge in [-0.15, -0.1) is 0 Å². The van der Waals surface area contributed by atoms with Crippen LogP contribution in [-0.4, -0.2) is 44.2 Å². The van der Waals surface area contributed by atoms with E-state index in [1.165, 1.54) is 5.56 Å². The topological polar surface area (TPSA) is 38.8 Å². The van der Waals surface area contributed by atoms with Crippen molar-refractivity contribution in [3.05, 3.63) is 95.6 Å². The maximum Gasteiger partial charge on any atom is 0.247 e. The van der Waals surface area contributed by atoms with Crippen LogP contribution in [-0.2, 0) is 16.0 Å². The van der Waals surface area contributed by atoms with Gasteiger partial charge in [-0.25, -0.2) is 0 Å². The fourth-order valence-electron chi connectivity index (χ4n) is 4.03. The molecule has 0 bridgehead atoms. The van der Waals surface area contributed by atoms with Crippen LogP contribution in [0.25, 0.3) is 16.7 Å². The van der Waals surface area contributed by atoms with Crippen LogP contribution in [0.2, 0.25) is 0 Å². The van der Waals surface area contributed by atoms with E-state index >= 15 is 0 Å². The summed E-state index contributed by atoms with van der Waals surface area (Å²) in [6.07, 6.45) is 2.62. The summed E-state index contributed by atoms with van der Waals surface area (Å²) in [5, 5.41) is 0. The number of carbonyl (C=O) groups is 1. The average molecular weight is 428 g/mol. The summed E-state index contributed by atoms with van der Waals surface area (Å²) in [6.45, 7) is 4.53. The van der Waals surface area contributed by atoms with E-state index in [2.05, 4.69) is 49.4 Å². The molecule has 1 aliphatic rings. The Kier molecular flexibility index (Phi) is 7.03. The first-order valence-electron chi connectivity index (χ1n) is 11.1. The molecule has 1 saturated heterocycles. The van der Waals surface area contributed by atoms with Gasteiger partial charge in [0.15, 0.2) is 0 Å². The van der Waals surface area contributed by atoms with Crippen LogP contribution in [0.4, 0.5) is 0 Å². The minimum absolute atomic E-state index is 0.0179. The van der Waals surface area contributed by atoms with Gasteiger partial charge in [0.05, 0.1) is 20.3 Å². The van der Waals surface area contributed by atoms with E-state index in [4.69, 9.17) is 9.47 Å². The van der Waals surface area contributed by atoms with Gasteiger partial charge in [0.2, 0.25) is 5.91 Å². The van der Waals surface area contributed by atoms with Gasteiger partial charge in [-0.2, -0.15) is 0 Å². The molecule has 4 nitrogen and oxygen atoms in total. The highest BCUT2D eigenvalue weighted by atomic mass is 16.5. The van der Waals surface area contributed by atoms with E-state index in [-0.39, 0.29) is 5.91 Å². The third-order valence-electron chi connectivity index (χ3n) is 5.87. The van der Waals surface area contributed by atoms with Crippen molar-refractivity contribution < 1.29 is 14.3 Å². The highest BCUT2D eigenvalue weighted by Gasteiger charge is 2.17. The Bertz CT molecular complexity index is 1080. The summed E-state index contributed by atoms with van der Waals surface area (Å²) in [6, 6.07) is 24.9. The molecule has 3 aromatic rings. The van der Waals surface area contributed by atoms with Crippen molar-refractivity contribution in [1.29, 1.82) is 0 Å². The maximum absolute atomic E-state index is 13.1. The molecule has 0 spiro atoms. The monoisotopic (exact) mass is 427 g/mol. The zero-order valence-corrected chi connectivity index (χ0v) is 18.7. The first kappa shape index (κ1) is 21.8. The van der Waals surface area contributed by atoms with Gasteiger partial charge in [-0.3, -0.25) is 4.79 Å². The van der Waals surface area contributed by atoms with Gasteiger partial charge in [-0.05, 0) is 51.9 Å². The predicted molar refractivity (Wildman–Crippen MR) is 129 cm³/mol. The molecule has 0 saturated carbocycles. The van der Waals surface area contributed by atoms with E-state index in [9.17, 15) is 4.79 Å². The van der Waals surface area contributed by atoms with Crippen molar-refractivity contribution in [3.63, 3.8) is 0 Å². The highest BCUT2D eigenvalue weighted by Crippen LogP contribution is 2.30. The predicted octanol–water partition coefficient (Wildman–Crippen LogP) is 5.22. The quantitative estimate of drug-likeness (QED) is 0.507. The van der Waals surface area contributed by atoms with Crippen LogP contribution in [0.1, 0.15) is 23.6 Å². The number of rotatable bonds is 6. The van der Waals surface area contributed by atoms with Crippen LogP contribution in [0.5, 0.6) is 5.75 Å². The molecule has 0 unspecified atom stereocenters. The minimum atomic E-state index is 0.0179. The molecule has 0 N–H and O–H groups in total. The lowest BCUT2D eigenvalue weighted by atomic mass is 9.93. The van der Waals surface area contributed by atoms with Crippen LogP contribution >= 0.6 is 0 Å². The normalized spacial score (nSPS) is 14.3. The molecule has 3 aromatic carbocycles. The fraction of sp³-hybridized carbons (Fsp3) is 0.250. The van der Waals surface area contributed by atoms with Crippen LogP contribution < -0.4 is 4.74 Å². The summed E-state index contributed by atoms with van der Waals surface area (Å²) < 4.78 is 10.9. The zero-order valence-electron chi connectivity index (χ0n) is 18.7. The number of aryl methyl sites for hydroxylation is 1. The lowest BCUT2D eigenvalue weighted by Gasteiger charge is -2.26. The summed E-state index contributed by atoms with van der Waals surface area (Å²) in [5.74, 6) is 0.888. The Morgan fingerprint density at radius 2 is 1.59 bits per heavy atom. The number of nitrogens with zero attached hydrogens (tertiary/aromatic N) is 1. The largest absolute Gasteiger partial charge is 0.496 e. The number of benzene rings is 3. The van der Waals surface area contributed by atoms with Crippen molar-refractivity contribution in [2.75, 3.05) is 33.4 Å².